The monoisotopic (exact) mass is 828 g/mol. The Morgan fingerprint density at radius 2 is 0.565 bits per heavy atom. The van der Waals surface area contributed by atoms with Gasteiger partial charge in [-0.2, -0.15) is 0 Å². The average Bonchev–Trinajstić information content (AvgIpc) is 1.55. The molecule has 2 nitrogen and oxygen atoms in total. The highest BCUT2D eigenvalue weighted by molar-refractivity contribution is 6.12. The van der Waals surface area contributed by atoms with Gasteiger partial charge in [-0.05, 0) is 116 Å². The van der Waals surface area contributed by atoms with Gasteiger partial charge < -0.3 is 9.13 Å². The number of nitrogens with zero attached hydrogens (tertiary/aromatic N) is 2. The lowest BCUT2D eigenvalue weighted by Gasteiger charge is -2.12. The van der Waals surface area contributed by atoms with Crippen molar-refractivity contribution in [1.29, 1.82) is 0 Å². The predicted molar refractivity (Wildman–Crippen MR) is 262 cm³/mol. The molecule has 0 amide bonds. The van der Waals surface area contributed by atoms with Crippen LogP contribution in [-0.2, 0) is 0 Å². The number of para-hydroxylation sites is 2. The van der Waals surface area contributed by atoms with Gasteiger partial charge in [-0.25, -0.2) is 0 Å². The van der Waals surface area contributed by atoms with Crippen molar-refractivity contribution in [3.8, 4) is 67.0 Å². The number of hydrogen-bond donors (Lipinski definition) is 0. The molecule has 0 spiro atoms. The molecular formula is C60H40N2. The second-order valence-corrected chi connectivity index (χ2v) is 13.1. The molecule has 0 bridgehead atoms. The maximum atomic E-state index is 10.1. The number of benzene rings is 10. The number of hydrogen-bond acceptors (Lipinski definition) is 0. The molecule has 0 atom stereocenters. The normalized spacial score (nSPS) is 20.4. The quantitative estimate of drug-likeness (QED) is 0.151. The maximum Gasteiger partial charge on any atom is 0.0651 e. The van der Waals surface area contributed by atoms with Crippen molar-refractivity contribution >= 4 is 43.6 Å². The van der Waals surface area contributed by atoms with Crippen molar-refractivity contribution in [2.45, 2.75) is 0 Å². The summed E-state index contributed by atoms with van der Waals surface area (Å²) in [4.78, 5) is 0. The van der Waals surface area contributed by atoms with Crippen LogP contribution < -0.4 is 0 Å². The summed E-state index contributed by atoms with van der Waals surface area (Å²) in [5, 5.41) is -2.89. The van der Waals surface area contributed by atoms with Gasteiger partial charge in [0.1, 0.15) is 0 Å². The standard InChI is InChI=1S/C60H40N2/c1-3-13-41(14-4-1)43-25-29-45(30-26-43)47-17-11-19-51(37-47)61-57-23-9-7-21-53(57)55-39-49(33-35-59(55)61)50-34-36-60-56(40-50)54-22-8-10-24-58(54)62(60)52-20-12-18-48(38-52)46-31-27-44(28-32-46)42-15-5-2-6-16-42/h1-40H/i1D,2D,3D,4D,5D,6D,7D,8D,9D,10D,11D,12D,13D,14D,15D,16D,17D,18D,19D,21D,22D,23D,24D,25D,26D,27D,28D,29D,30D,31D,32D,33D,34D,35D,36D,37D,38D,39D,40D. The Morgan fingerprint density at radius 3 is 1.08 bits per heavy atom. The van der Waals surface area contributed by atoms with E-state index in [-0.39, 0.29) is 0 Å². The summed E-state index contributed by atoms with van der Waals surface area (Å²) in [6.07, 6.45) is 0. The molecule has 0 saturated carbocycles. The van der Waals surface area contributed by atoms with E-state index in [1.807, 2.05) is 0 Å². The zero-order chi connectivity index (χ0) is 74.9. The molecule has 0 fully saturated rings. The minimum Gasteiger partial charge on any atom is -0.309 e. The maximum absolute atomic E-state index is 10.1. The Balaban J connectivity index is 1.17. The third-order valence-electron chi connectivity index (χ3n) is 9.55. The third kappa shape index (κ3) is 6.12. The van der Waals surface area contributed by atoms with Crippen molar-refractivity contribution in [1.82, 2.24) is 9.13 Å². The van der Waals surface area contributed by atoms with Crippen LogP contribution in [0.5, 0.6) is 0 Å². The zero-order valence-corrected chi connectivity index (χ0v) is 31.0. The summed E-state index contributed by atoms with van der Waals surface area (Å²) < 4.78 is 355. The smallest absolute Gasteiger partial charge is 0.0651 e. The molecule has 12 aromatic rings. The van der Waals surface area contributed by atoms with Crippen LogP contribution >= 0.6 is 0 Å². The minimum absolute atomic E-state index is 0.605. The molecule has 2 heteroatoms. The number of fused-ring (bicyclic) bond motifs is 6. The first-order chi connectivity index (χ1) is 47.0. The van der Waals surface area contributed by atoms with Crippen LogP contribution in [0.25, 0.3) is 111 Å². The summed E-state index contributed by atoms with van der Waals surface area (Å²) >= 11 is 0. The largest absolute Gasteiger partial charge is 0.309 e. The van der Waals surface area contributed by atoms with Crippen molar-refractivity contribution in [2.75, 3.05) is 0 Å². The van der Waals surface area contributed by atoms with Crippen molar-refractivity contribution in [3.63, 3.8) is 0 Å². The van der Waals surface area contributed by atoms with Crippen LogP contribution in [0, 0.1) is 0 Å². The van der Waals surface area contributed by atoms with E-state index in [0.717, 1.165) is 10.6 Å². The van der Waals surface area contributed by atoms with Crippen LogP contribution in [-0.4, -0.2) is 9.13 Å². The van der Waals surface area contributed by atoms with Gasteiger partial charge in [-0.15, -0.1) is 0 Å². The number of aromatic nitrogens is 2. The average molecular weight is 828 g/mol. The molecule has 12 rings (SSSR count). The SMILES string of the molecule is [2H]c1cc(-n2c3c([2H])c([2H])c([2H])c([2H])c3c3c([2H])c(-c4c([2H])c([2H])c5c(c4[2H])c4c([2H])c([2H])c([2H])c([2H])c4n5-c4c([2H])c([2H])c([2H])c(-c5c([2H])c([2H])c(-c6c([2H])c([2H])c([2H])c([2H])c6[2H])c([2H])c5[2H])c4[2H])c([2H])c([2H])c32)c([2H])c(-c2c([2H])c([2H])c(-c3c([2H])c([2H])c([2H])c([2H])c3[2H])c([2H])c2[2H])c1[2H]. The van der Waals surface area contributed by atoms with E-state index in [9.17, 15) is 23.3 Å². The molecule has 290 valence electrons. The Bertz CT molecular complexity index is 5830. The van der Waals surface area contributed by atoms with Crippen molar-refractivity contribution in [3.05, 3.63) is 242 Å². The first-order valence-electron chi connectivity index (χ1n) is 37.7. The fourth-order valence-electron chi connectivity index (χ4n) is 6.81. The highest BCUT2D eigenvalue weighted by atomic mass is 15.0. The molecule has 0 aliphatic heterocycles. The highest BCUT2D eigenvalue weighted by Gasteiger charge is 2.17. The third-order valence-corrected chi connectivity index (χ3v) is 9.55. The van der Waals surface area contributed by atoms with Gasteiger partial charge in [0.25, 0.3) is 0 Å². The molecule has 2 heterocycles. The summed E-state index contributed by atoms with van der Waals surface area (Å²) in [6.45, 7) is 0. The molecule has 0 aliphatic rings. The Hall–Kier alpha value is -8.20. The van der Waals surface area contributed by atoms with E-state index in [0.29, 0.717) is 4.57 Å². The fourth-order valence-corrected chi connectivity index (χ4v) is 6.81. The first kappa shape index (κ1) is 13.9. The van der Waals surface area contributed by atoms with Gasteiger partial charge in [-0.1, -0.05) is 181 Å². The van der Waals surface area contributed by atoms with Crippen molar-refractivity contribution < 1.29 is 53.5 Å². The van der Waals surface area contributed by atoms with Crippen molar-refractivity contribution in [2.24, 2.45) is 0 Å². The van der Waals surface area contributed by atoms with E-state index < -0.39 is 346 Å². The molecule has 0 unspecified atom stereocenters. The molecule has 62 heavy (non-hydrogen) atoms. The lowest BCUT2D eigenvalue weighted by atomic mass is 10.00. The van der Waals surface area contributed by atoms with Gasteiger partial charge in [0, 0.05) is 32.9 Å². The topological polar surface area (TPSA) is 9.86 Å². The van der Waals surface area contributed by atoms with Gasteiger partial charge in [-0.3, -0.25) is 0 Å². The molecular weight excluding hydrogens is 749 g/mol. The summed E-state index contributed by atoms with van der Waals surface area (Å²) in [6, 6.07) is -39.0. The molecule has 0 radical (unpaired) electrons. The van der Waals surface area contributed by atoms with Crippen LogP contribution in [0.1, 0.15) is 53.5 Å². The van der Waals surface area contributed by atoms with E-state index in [2.05, 4.69) is 0 Å². The lowest BCUT2D eigenvalue weighted by molar-refractivity contribution is 1.18. The molecule has 0 saturated heterocycles. The van der Waals surface area contributed by atoms with Gasteiger partial charge >= 0.3 is 0 Å². The number of rotatable bonds is 7. The predicted octanol–water partition coefficient (Wildman–Crippen LogP) is 16.2. The second-order valence-electron chi connectivity index (χ2n) is 13.1. The lowest BCUT2D eigenvalue weighted by Crippen LogP contribution is -1.94. The first-order valence-corrected chi connectivity index (χ1v) is 18.2. The van der Waals surface area contributed by atoms with E-state index >= 15 is 0 Å². The highest BCUT2D eigenvalue weighted by Crippen LogP contribution is 2.39. The molecule has 0 aliphatic carbocycles. The van der Waals surface area contributed by atoms with Crippen LogP contribution in [0.4, 0.5) is 0 Å². The van der Waals surface area contributed by atoms with E-state index in [1.165, 1.54) is 0 Å². The van der Waals surface area contributed by atoms with Gasteiger partial charge in [0.05, 0.1) is 75.5 Å². The fraction of sp³-hybridized carbons (Fsp3) is 0. The Morgan fingerprint density at radius 1 is 0.226 bits per heavy atom. The Labute approximate surface area is 415 Å². The molecule has 0 N–H and O–H groups in total. The Kier molecular flexibility index (Phi) is 3.33. The second kappa shape index (κ2) is 14.8. The van der Waals surface area contributed by atoms with Gasteiger partial charge in [0.15, 0.2) is 0 Å². The van der Waals surface area contributed by atoms with Crippen LogP contribution in [0.2, 0.25) is 0 Å². The summed E-state index contributed by atoms with van der Waals surface area (Å²) in [7, 11) is 0. The molecule has 2 aromatic heterocycles. The zero-order valence-electron chi connectivity index (χ0n) is 70.0. The minimum atomic E-state index is -1.18. The van der Waals surface area contributed by atoms with E-state index in [4.69, 9.17) is 30.2 Å². The summed E-state index contributed by atoms with van der Waals surface area (Å²) in [5.74, 6) is 0. The van der Waals surface area contributed by atoms with E-state index in [1.54, 1.807) is 0 Å². The van der Waals surface area contributed by atoms with Crippen LogP contribution in [0.3, 0.4) is 0 Å². The molecule has 10 aromatic carbocycles. The van der Waals surface area contributed by atoms with Crippen LogP contribution in [0.15, 0.2) is 242 Å². The van der Waals surface area contributed by atoms with Gasteiger partial charge in [0.2, 0.25) is 0 Å². The summed E-state index contributed by atoms with van der Waals surface area (Å²) in [5.41, 5.74) is -13.5.